The van der Waals surface area contributed by atoms with Crippen molar-refractivity contribution in [3.63, 3.8) is 0 Å². The number of anilines is 1. The van der Waals surface area contributed by atoms with Crippen LogP contribution in [0.5, 0.6) is 0 Å². The number of carbonyl (C=O) groups excluding carboxylic acids is 1. The smallest absolute Gasteiger partial charge is 0.319 e. The average molecular weight is 344 g/mol. The highest BCUT2D eigenvalue weighted by Gasteiger charge is 2.21. The number of carbonyl (C=O) groups is 1. The summed E-state index contributed by atoms with van der Waals surface area (Å²) in [7, 11) is 0. The summed E-state index contributed by atoms with van der Waals surface area (Å²) in [5.74, 6) is 0. The van der Waals surface area contributed by atoms with Gasteiger partial charge >= 0.3 is 6.03 Å². The molecular formula is C19H22ClN3O. The zero-order chi connectivity index (χ0) is 16.8. The number of piperidine rings is 1. The van der Waals surface area contributed by atoms with Gasteiger partial charge in [-0.1, -0.05) is 48.0 Å². The summed E-state index contributed by atoms with van der Waals surface area (Å²) in [6, 6.07) is 17.6. The number of hydrogen-bond donors (Lipinski definition) is 2. The maximum atomic E-state index is 12.0. The number of urea groups is 1. The third kappa shape index (κ3) is 4.73. The van der Waals surface area contributed by atoms with Crippen molar-refractivity contribution in [1.29, 1.82) is 0 Å². The fourth-order valence-corrected chi connectivity index (χ4v) is 3.17. The van der Waals surface area contributed by atoms with Crippen molar-refractivity contribution in [3.8, 4) is 0 Å². The standard InChI is InChI=1S/C19H22ClN3O/c20-18-9-5-4-6-15(18)14-23-12-10-17(11-13-23)22-19(24)21-16-7-2-1-3-8-16/h1-9,17H,10-14H2,(H2,21,22,24). The Hall–Kier alpha value is -2.04. The fraction of sp³-hybridized carbons (Fsp3) is 0.316. The van der Waals surface area contributed by atoms with Gasteiger partial charge in [0.15, 0.2) is 0 Å². The highest BCUT2D eigenvalue weighted by molar-refractivity contribution is 6.31. The minimum absolute atomic E-state index is 0.134. The molecule has 24 heavy (non-hydrogen) atoms. The van der Waals surface area contributed by atoms with Crippen LogP contribution in [0.15, 0.2) is 54.6 Å². The summed E-state index contributed by atoms with van der Waals surface area (Å²) < 4.78 is 0. The number of nitrogens with one attached hydrogen (secondary N) is 2. The van der Waals surface area contributed by atoms with Crippen molar-refractivity contribution in [3.05, 3.63) is 65.2 Å². The molecule has 0 radical (unpaired) electrons. The van der Waals surface area contributed by atoms with Crippen LogP contribution in [0.25, 0.3) is 0 Å². The number of likely N-dealkylation sites (tertiary alicyclic amines) is 1. The topological polar surface area (TPSA) is 44.4 Å². The molecule has 1 aliphatic heterocycles. The third-order valence-corrected chi connectivity index (χ3v) is 4.67. The zero-order valence-electron chi connectivity index (χ0n) is 13.5. The Kier molecular flexibility index (Phi) is 5.72. The van der Waals surface area contributed by atoms with E-state index in [9.17, 15) is 4.79 Å². The zero-order valence-corrected chi connectivity index (χ0v) is 14.3. The highest BCUT2D eigenvalue weighted by atomic mass is 35.5. The lowest BCUT2D eigenvalue weighted by molar-refractivity contribution is 0.190. The van der Waals surface area contributed by atoms with Crippen LogP contribution in [-0.4, -0.2) is 30.1 Å². The van der Waals surface area contributed by atoms with E-state index in [-0.39, 0.29) is 12.1 Å². The molecule has 126 valence electrons. The summed E-state index contributed by atoms with van der Waals surface area (Å²) >= 11 is 6.23. The van der Waals surface area contributed by atoms with E-state index in [0.717, 1.165) is 48.7 Å². The summed E-state index contributed by atoms with van der Waals surface area (Å²) in [6.45, 7) is 2.78. The molecule has 0 aromatic heterocycles. The lowest BCUT2D eigenvalue weighted by atomic mass is 10.0. The quantitative estimate of drug-likeness (QED) is 0.876. The molecule has 3 rings (SSSR count). The molecule has 1 aliphatic rings. The largest absolute Gasteiger partial charge is 0.335 e. The lowest BCUT2D eigenvalue weighted by Crippen LogP contribution is -2.45. The van der Waals surface area contributed by atoms with Crippen LogP contribution >= 0.6 is 11.6 Å². The molecule has 2 aromatic carbocycles. The van der Waals surface area contributed by atoms with Gasteiger partial charge in [-0.15, -0.1) is 0 Å². The highest BCUT2D eigenvalue weighted by Crippen LogP contribution is 2.19. The molecule has 4 nitrogen and oxygen atoms in total. The predicted octanol–water partition coefficient (Wildman–Crippen LogP) is 4.13. The van der Waals surface area contributed by atoms with Gasteiger partial charge in [0.1, 0.15) is 0 Å². The molecule has 0 atom stereocenters. The van der Waals surface area contributed by atoms with Gasteiger partial charge in [-0.3, -0.25) is 4.90 Å². The SMILES string of the molecule is O=C(Nc1ccccc1)NC1CCN(Cc2ccccc2Cl)CC1. The molecule has 0 bridgehead atoms. The number of halogens is 1. The first kappa shape index (κ1) is 16.8. The third-order valence-electron chi connectivity index (χ3n) is 4.31. The van der Waals surface area contributed by atoms with Crippen LogP contribution < -0.4 is 10.6 Å². The van der Waals surface area contributed by atoms with Crippen LogP contribution in [0.3, 0.4) is 0 Å². The molecule has 0 saturated carbocycles. The molecule has 2 N–H and O–H groups in total. The Labute approximate surface area is 147 Å². The molecule has 2 aromatic rings. The van der Waals surface area contributed by atoms with E-state index in [1.54, 1.807) is 0 Å². The van der Waals surface area contributed by atoms with Gasteiger partial charge in [0.25, 0.3) is 0 Å². The molecule has 0 aliphatic carbocycles. The van der Waals surface area contributed by atoms with E-state index >= 15 is 0 Å². The van der Waals surface area contributed by atoms with Crippen LogP contribution in [0.2, 0.25) is 5.02 Å². The number of amides is 2. The maximum Gasteiger partial charge on any atom is 0.319 e. The Bertz CT molecular complexity index is 669. The molecule has 0 unspecified atom stereocenters. The van der Waals surface area contributed by atoms with Gasteiger partial charge in [-0.2, -0.15) is 0 Å². The lowest BCUT2D eigenvalue weighted by Gasteiger charge is -2.32. The van der Waals surface area contributed by atoms with Crippen LogP contribution in [0, 0.1) is 0 Å². The van der Waals surface area contributed by atoms with E-state index in [1.807, 2.05) is 48.5 Å². The van der Waals surface area contributed by atoms with Crippen molar-refractivity contribution in [1.82, 2.24) is 10.2 Å². The number of rotatable bonds is 4. The molecular weight excluding hydrogens is 322 g/mol. The van der Waals surface area contributed by atoms with Gasteiger partial charge in [-0.25, -0.2) is 4.79 Å². The number of benzene rings is 2. The Morgan fingerprint density at radius 3 is 2.42 bits per heavy atom. The first-order valence-corrected chi connectivity index (χ1v) is 8.67. The Morgan fingerprint density at radius 1 is 1.04 bits per heavy atom. The summed E-state index contributed by atoms with van der Waals surface area (Å²) in [5.41, 5.74) is 1.97. The van der Waals surface area contributed by atoms with Gasteiger partial charge in [0.05, 0.1) is 0 Å². The molecule has 1 heterocycles. The van der Waals surface area contributed by atoms with E-state index in [0.29, 0.717) is 0 Å². The summed E-state index contributed by atoms with van der Waals surface area (Å²) in [4.78, 5) is 14.4. The van der Waals surface area contributed by atoms with E-state index in [4.69, 9.17) is 11.6 Å². The van der Waals surface area contributed by atoms with Gasteiger partial charge in [0.2, 0.25) is 0 Å². The number of nitrogens with zero attached hydrogens (tertiary/aromatic N) is 1. The number of hydrogen-bond acceptors (Lipinski definition) is 2. The first-order chi connectivity index (χ1) is 11.7. The van der Waals surface area contributed by atoms with Crippen molar-refractivity contribution < 1.29 is 4.79 Å². The van der Waals surface area contributed by atoms with Gasteiger partial charge < -0.3 is 10.6 Å². The van der Waals surface area contributed by atoms with Crippen LogP contribution in [0.4, 0.5) is 10.5 Å². The molecule has 1 fully saturated rings. The van der Waals surface area contributed by atoms with Crippen molar-refractivity contribution in [2.75, 3.05) is 18.4 Å². The minimum atomic E-state index is -0.134. The maximum absolute atomic E-state index is 12.0. The molecule has 2 amide bonds. The monoisotopic (exact) mass is 343 g/mol. The Morgan fingerprint density at radius 2 is 1.71 bits per heavy atom. The molecule has 1 saturated heterocycles. The van der Waals surface area contributed by atoms with E-state index in [2.05, 4.69) is 21.6 Å². The van der Waals surface area contributed by atoms with E-state index in [1.165, 1.54) is 0 Å². The van der Waals surface area contributed by atoms with Crippen molar-refractivity contribution >= 4 is 23.3 Å². The average Bonchev–Trinajstić information content (AvgIpc) is 2.59. The fourth-order valence-electron chi connectivity index (χ4n) is 2.98. The first-order valence-electron chi connectivity index (χ1n) is 8.29. The van der Waals surface area contributed by atoms with Gasteiger partial charge in [-0.05, 0) is 36.6 Å². The molecule has 0 spiro atoms. The second-order valence-corrected chi connectivity index (χ2v) is 6.51. The number of para-hydroxylation sites is 1. The van der Waals surface area contributed by atoms with Gasteiger partial charge in [0, 0.05) is 36.4 Å². The summed E-state index contributed by atoms with van der Waals surface area (Å²) in [6.07, 6.45) is 1.90. The minimum Gasteiger partial charge on any atom is -0.335 e. The normalized spacial score (nSPS) is 15.9. The second-order valence-electron chi connectivity index (χ2n) is 6.11. The van der Waals surface area contributed by atoms with Crippen molar-refractivity contribution in [2.24, 2.45) is 0 Å². The van der Waals surface area contributed by atoms with Crippen LogP contribution in [-0.2, 0) is 6.54 Å². The predicted molar refractivity (Wildman–Crippen MR) is 98.3 cm³/mol. The van der Waals surface area contributed by atoms with Crippen molar-refractivity contribution in [2.45, 2.75) is 25.4 Å². The van der Waals surface area contributed by atoms with E-state index < -0.39 is 0 Å². The molecule has 5 heteroatoms. The summed E-state index contributed by atoms with van der Waals surface area (Å²) in [5, 5.41) is 6.75. The Balaban J connectivity index is 1.43. The van der Waals surface area contributed by atoms with Crippen LogP contribution in [0.1, 0.15) is 18.4 Å². The second kappa shape index (κ2) is 8.18.